The maximum atomic E-state index is 12.2. The molecule has 2 atom stereocenters. The minimum Gasteiger partial charge on any atom is -0.389 e. The number of amides is 1. The highest BCUT2D eigenvalue weighted by Gasteiger charge is 2.28. The van der Waals surface area contributed by atoms with Gasteiger partial charge in [-0.15, -0.1) is 0 Å². The van der Waals surface area contributed by atoms with E-state index in [4.69, 9.17) is 0 Å². The normalized spacial score (nSPS) is 18.0. The summed E-state index contributed by atoms with van der Waals surface area (Å²) in [5, 5.41) is 12.2. The first-order chi connectivity index (χ1) is 9.79. The molecule has 0 spiro atoms. The third-order valence-corrected chi connectivity index (χ3v) is 4.88. The standard InChI is InChI=1S/C14H20N2O4S/c1-9(14(18)15-12-5-6-12)16-21(19,20)13-7-3-11(4-8-13)10(2)17/h3-4,7-10,12,16-17H,5-6H2,1-2H3,(H,15,18). The Hall–Kier alpha value is -1.44. The molecule has 2 rings (SSSR count). The fourth-order valence-corrected chi connectivity index (χ4v) is 3.04. The molecule has 0 saturated heterocycles. The van der Waals surface area contributed by atoms with Crippen LogP contribution in [-0.2, 0) is 14.8 Å². The summed E-state index contributed by atoms with van der Waals surface area (Å²) >= 11 is 0. The van der Waals surface area contributed by atoms with E-state index in [1.165, 1.54) is 19.1 Å². The van der Waals surface area contributed by atoms with Crippen molar-refractivity contribution in [2.45, 2.75) is 49.8 Å². The molecule has 0 aliphatic heterocycles. The summed E-state index contributed by atoms with van der Waals surface area (Å²) in [7, 11) is -3.75. The molecular formula is C14H20N2O4S. The van der Waals surface area contributed by atoms with Crippen LogP contribution in [-0.4, -0.2) is 31.5 Å². The van der Waals surface area contributed by atoms with Crippen molar-refractivity contribution in [3.8, 4) is 0 Å². The van der Waals surface area contributed by atoms with Crippen molar-refractivity contribution in [1.82, 2.24) is 10.0 Å². The molecule has 7 heteroatoms. The van der Waals surface area contributed by atoms with E-state index in [1.54, 1.807) is 19.1 Å². The van der Waals surface area contributed by atoms with E-state index in [2.05, 4.69) is 10.0 Å². The molecule has 2 unspecified atom stereocenters. The third kappa shape index (κ3) is 4.26. The SMILES string of the molecule is CC(NS(=O)(=O)c1ccc(C(C)O)cc1)C(=O)NC1CC1. The summed E-state index contributed by atoms with van der Waals surface area (Å²) in [5.41, 5.74) is 0.633. The Kier molecular flexibility index (Phi) is 4.65. The van der Waals surface area contributed by atoms with Gasteiger partial charge in [0.2, 0.25) is 15.9 Å². The highest BCUT2D eigenvalue weighted by molar-refractivity contribution is 7.89. The molecule has 0 heterocycles. The second-order valence-electron chi connectivity index (χ2n) is 5.37. The number of carbonyl (C=O) groups is 1. The van der Waals surface area contributed by atoms with Gasteiger partial charge in [-0.2, -0.15) is 4.72 Å². The van der Waals surface area contributed by atoms with Crippen LogP contribution in [0.2, 0.25) is 0 Å². The van der Waals surface area contributed by atoms with E-state index in [9.17, 15) is 18.3 Å². The lowest BCUT2D eigenvalue weighted by Gasteiger charge is -2.14. The van der Waals surface area contributed by atoms with Crippen molar-refractivity contribution in [3.63, 3.8) is 0 Å². The third-order valence-electron chi connectivity index (χ3n) is 3.32. The number of aliphatic hydroxyl groups is 1. The quantitative estimate of drug-likeness (QED) is 0.720. The highest BCUT2D eigenvalue weighted by Crippen LogP contribution is 2.19. The molecule has 0 bridgehead atoms. The van der Waals surface area contributed by atoms with E-state index in [0.29, 0.717) is 5.56 Å². The van der Waals surface area contributed by atoms with Crippen molar-refractivity contribution >= 4 is 15.9 Å². The van der Waals surface area contributed by atoms with Gasteiger partial charge in [0.05, 0.1) is 17.0 Å². The fourth-order valence-electron chi connectivity index (χ4n) is 1.83. The van der Waals surface area contributed by atoms with E-state index < -0.39 is 22.2 Å². The fraction of sp³-hybridized carbons (Fsp3) is 0.500. The molecule has 1 aliphatic rings. The van der Waals surface area contributed by atoms with Crippen molar-refractivity contribution < 1.29 is 18.3 Å². The monoisotopic (exact) mass is 312 g/mol. The smallest absolute Gasteiger partial charge is 0.241 e. The molecule has 0 aromatic heterocycles. The van der Waals surface area contributed by atoms with Crippen LogP contribution in [0.15, 0.2) is 29.2 Å². The summed E-state index contributed by atoms with van der Waals surface area (Å²) in [5.74, 6) is -0.318. The zero-order valence-electron chi connectivity index (χ0n) is 12.0. The predicted molar refractivity (Wildman–Crippen MR) is 78.0 cm³/mol. The average molecular weight is 312 g/mol. The maximum Gasteiger partial charge on any atom is 0.241 e. The maximum absolute atomic E-state index is 12.2. The van der Waals surface area contributed by atoms with Crippen molar-refractivity contribution in [1.29, 1.82) is 0 Å². The number of rotatable bonds is 6. The van der Waals surface area contributed by atoms with Gasteiger partial charge in [-0.25, -0.2) is 8.42 Å². The van der Waals surface area contributed by atoms with Gasteiger partial charge < -0.3 is 10.4 Å². The van der Waals surface area contributed by atoms with Gasteiger partial charge in [-0.1, -0.05) is 12.1 Å². The topological polar surface area (TPSA) is 95.5 Å². The van der Waals surface area contributed by atoms with Gasteiger partial charge >= 0.3 is 0 Å². The van der Waals surface area contributed by atoms with Crippen LogP contribution in [0.3, 0.4) is 0 Å². The number of aliphatic hydroxyl groups excluding tert-OH is 1. The Morgan fingerprint density at radius 1 is 1.24 bits per heavy atom. The van der Waals surface area contributed by atoms with Gasteiger partial charge in [-0.05, 0) is 44.4 Å². The Balaban J connectivity index is 2.04. The molecule has 21 heavy (non-hydrogen) atoms. The lowest BCUT2D eigenvalue weighted by molar-refractivity contribution is -0.122. The lowest BCUT2D eigenvalue weighted by Crippen LogP contribution is -2.45. The molecule has 0 radical (unpaired) electrons. The molecule has 6 nitrogen and oxygen atoms in total. The number of sulfonamides is 1. The summed E-state index contributed by atoms with van der Waals surface area (Å²) < 4.78 is 26.7. The van der Waals surface area contributed by atoms with Gasteiger partial charge in [0.25, 0.3) is 0 Å². The van der Waals surface area contributed by atoms with E-state index in [0.717, 1.165) is 12.8 Å². The van der Waals surface area contributed by atoms with E-state index >= 15 is 0 Å². The number of benzene rings is 1. The molecule has 116 valence electrons. The van der Waals surface area contributed by atoms with Crippen LogP contribution in [0.4, 0.5) is 0 Å². The van der Waals surface area contributed by atoms with Gasteiger partial charge in [0.1, 0.15) is 0 Å². The largest absolute Gasteiger partial charge is 0.389 e. The van der Waals surface area contributed by atoms with Crippen LogP contribution in [0, 0.1) is 0 Å². The van der Waals surface area contributed by atoms with Crippen molar-refractivity contribution in [3.05, 3.63) is 29.8 Å². The van der Waals surface area contributed by atoms with Crippen LogP contribution in [0.5, 0.6) is 0 Å². The molecule has 1 aromatic carbocycles. The number of carbonyl (C=O) groups excluding carboxylic acids is 1. The van der Waals surface area contributed by atoms with Crippen LogP contribution >= 0.6 is 0 Å². The zero-order valence-corrected chi connectivity index (χ0v) is 12.9. The van der Waals surface area contributed by atoms with Crippen LogP contribution in [0.25, 0.3) is 0 Å². The first kappa shape index (κ1) is 15.9. The Morgan fingerprint density at radius 2 is 1.81 bits per heavy atom. The molecule has 1 fully saturated rings. The van der Waals surface area contributed by atoms with E-state index in [-0.39, 0.29) is 16.8 Å². The molecule has 3 N–H and O–H groups in total. The summed E-state index contributed by atoms with van der Waals surface area (Å²) in [6.07, 6.45) is 1.25. The zero-order chi connectivity index (χ0) is 15.6. The Labute approximate surface area is 124 Å². The second kappa shape index (κ2) is 6.13. The van der Waals surface area contributed by atoms with Crippen molar-refractivity contribution in [2.75, 3.05) is 0 Å². The van der Waals surface area contributed by atoms with E-state index in [1.807, 2.05) is 0 Å². The predicted octanol–water partition coefficient (Wildman–Crippen LogP) is 0.685. The van der Waals surface area contributed by atoms with Gasteiger partial charge in [0, 0.05) is 6.04 Å². The minimum absolute atomic E-state index is 0.0676. The highest BCUT2D eigenvalue weighted by atomic mass is 32.2. The van der Waals surface area contributed by atoms with Crippen LogP contribution in [0.1, 0.15) is 38.4 Å². The summed E-state index contributed by atoms with van der Waals surface area (Å²) in [4.78, 5) is 11.8. The lowest BCUT2D eigenvalue weighted by atomic mass is 10.1. The molecule has 1 aliphatic carbocycles. The first-order valence-electron chi connectivity index (χ1n) is 6.90. The second-order valence-corrected chi connectivity index (χ2v) is 7.08. The van der Waals surface area contributed by atoms with Crippen molar-refractivity contribution in [2.24, 2.45) is 0 Å². The van der Waals surface area contributed by atoms with Gasteiger partial charge in [0.15, 0.2) is 0 Å². The van der Waals surface area contributed by atoms with Gasteiger partial charge in [-0.3, -0.25) is 4.79 Å². The minimum atomic E-state index is -3.75. The Bertz CT molecular complexity index is 606. The molecule has 1 amide bonds. The summed E-state index contributed by atoms with van der Waals surface area (Å²) in [6.45, 7) is 3.12. The average Bonchev–Trinajstić information content (AvgIpc) is 3.22. The Morgan fingerprint density at radius 3 is 2.29 bits per heavy atom. The number of nitrogens with one attached hydrogen (secondary N) is 2. The number of hydrogen-bond donors (Lipinski definition) is 3. The molecule has 1 aromatic rings. The first-order valence-corrected chi connectivity index (χ1v) is 8.38. The molecular weight excluding hydrogens is 292 g/mol. The summed E-state index contributed by atoms with van der Waals surface area (Å²) in [6, 6.07) is 5.29. The van der Waals surface area contributed by atoms with Crippen LogP contribution < -0.4 is 10.0 Å². The molecule has 1 saturated carbocycles. The number of hydrogen-bond acceptors (Lipinski definition) is 4.